The predicted octanol–water partition coefficient (Wildman–Crippen LogP) is 5.03. The number of hydrogen-bond acceptors (Lipinski definition) is 2. The maximum Gasteiger partial charge on any atom is 0.145 e. The summed E-state index contributed by atoms with van der Waals surface area (Å²) in [6.07, 6.45) is 9.01. The summed E-state index contributed by atoms with van der Waals surface area (Å²) in [7, 11) is 1.87. The van der Waals surface area contributed by atoms with Crippen LogP contribution in [0.2, 0.25) is 0 Å². The summed E-state index contributed by atoms with van der Waals surface area (Å²) in [5, 5.41) is 0. The van der Waals surface area contributed by atoms with Crippen molar-refractivity contribution in [3.63, 3.8) is 0 Å². The minimum absolute atomic E-state index is 0.114. The zero-order valence-corrected chi connectivity index (χ0v) is 15.7. The molecule has 0 saturated heterocycles. The summed E-state index contributed by atoms with van der Waals surface area (Å²) in [4.78, 5) is 13.4. The fraction of sp³-hybridized carbons (Fsp3) is 0.857. The molecule has 2 bridgehead atoms. The second-order valence-electron chi connectivity index (χ2n) is 9.18. The van der Waals surface area contributed by atoms with Gasteiger partial charge in [0.2, 0.25) is 0 Å². The molecule has 130 valence electrons. The Labute approximate surface area is 142 Å². The van der Waals surface area contributed by atoms with Gasteiger partial charge in [-0.25, -0.2) is 0 Å². The van der Waals surface area contributed by atoms with Gasteiger partial charge in [-0.05, 0) is 68.1 Å². The Morgan fingerprint density at radius 3 is 2.39 bits per heavy atom. The smallest absolute Gasteiger partial charge is 0.145 e. The lowest BCUT2D eigenvalue weighted by Crippen LogP contribution is -2.57. The highest BCUT2D eigenvalue weighted by Crippen LogP contribution is 2.68. The third kappa shape index (κ3) is 2.13. The van der Waals surface area contributed by atoms with Crippen LogP contribution < -0.4 is 0 Å². The van der Waals surface area contributed by atoms with E-state index in [1.165, 1.54) is 12.8 Å². The lowest BCUT2D eigenvalue weighted by atomic mass is 9.45. The highest BCUT2D eigenvalue weighted by Gasteiger charge is 2.65. The minimum Gasteiger partial charge on any atom is -0.381 e. The Hall–Kier alpha value is -0.630. The highest BCUT2D eigenvalue weighted by molar-refractivity contribution is 5.89. The Morgan fingerprint density at radius 1 is 1.13 bits per heavy atom. The Kier molecular flexibility index (Phi) is 4.07. The van der Waals surface area contributed by atoms with Crippen LogP contribution >= 0.6 is 0 Å². The van der Waals surface area contributed by atoms with E-state index in [0.717, 1.165) is 25.7 Å². The molecule has 0 heterocycles. The fourth-order valence-corrected chi connectivity index (χ4v) is 6.56. The number of ketones is 1. The summed E-state index contributed by atoms with van der Waals surface area (Å²) in [5.74, 6) is 1.76. The van der Waals surface area contributed by atoms with E-state index in [1.807, 2.05) is 13.2 Å². The molecule has 7 atom stereocenters. The lowest BCUT2D eigenvalue weighted by molar-refractivity contribution is -0.159. The predicted molar refractivity (Wildman–Crippen MR) is 94.2 cm³/mol. The molecule has 23 heavy (non-hydrogen) atoms. The Bertz CT molecular complexity index is 512. The van der Waals surface area contributed by atoms with Gasteiger partial charge in [0.15, 0.2) is 0 Å². The van der Waals surface area contributed by atoms with Crippen LogP contribution in [0.15, 0.2) is 12.7 Å². The normalized spacial score (nSPS) is 53.3. The van der Waals surface area contributed by atoms with Crippen LogP contribution in [-0.4, -0.2) is 19.0 Å². The van der Waals surface area contributed by atoms with Crippen LogP contribution in [0.5, 0.6) is 0 Å². The van der Waals surface area contributed by atoms with E-state index in [4.69, 9.17) is 4.74 Å². The van der Waals surface area contributed by atoms with E-state index < -0.39 is 0 Å². The Balaban J connectivity index is 2.15. The second kappa shape index (κ2) is 5.44. The molecule has 0 aromatic heterocycles. The number of hydrogen-bond donors (Lipinski definition) is 0. The van der Waals surface area contributed by atoms with Gasteiger partial charge in [0, 0.05) is 18.4 Å². The molecular weight excluding hydrogens is 284 g/mol. The lowest BCUT2D eigenvalue weighted by Gasteiger charge is -2.59. The Morgan fingerprint density at radius 2 is 1.78 bits per heavy atom. The first kappa shape index (κ1) is 17.2. The molecule has 0 aliphatic heterocycles. The first-order valence-electron chi connectivity index (χ1n) is 9.46. The molecule has 0 spiro atoms. The first-order chi connectivity index (χ1) is 10.7. The molecule has 0 amide bonds. The molecular formula is C21H34O2. The zero-order chi connectivity index (χ0) is 17.0. The number of Topliss-reactive ketones (excluding diaryl/α,β-unsaturated/α-hetero) is 1. The molecule has 2 heteroatoms. The maximum absolute atomic E-state index is 13.4. The quantitative estimate of drug-likeness (QED) is 0.668. The highest BCUT2D eigenvalue weighted by atomic mass is 16.5. The summed E-state index contributed by atoms with van der Waals surface area (Å²) < 4.78 is 5.95. The van der Waals surface area contributed by atoms with Crippen molar-refractivity contribution in [3.8, 4) is 0 Å². The molecule has 3 rings (SSSR count). The van der Waals surface area contributed by atoms with Crippen LogP contribution in [0.3, 0.4) is 0 Å². The summed E-state index contributed by atoms with van der Waals surface area (Å²) in [5.41, 5.74) is 0.0548. The molecule has 2 nitrogen and oxygen atoms in total. The third-order valence-corrected chi connectivity index (χ3v) is 8.52. The van der Waals surface area contributed by atoms with Gasteiger partial charge >= 0.3 is 0 Å². The van der Waals surface area contributed by atoms with Gasteiger partial charge in [0.1, 0.15) is 5.78 Å². The number of carbonyl (C=O) groups excluding carboxylic acids is 1. The molecule has 0 radical (unpaired) electrons. The van der Waals surface area contributed by atoms with E-state index in [0.29, 0.717) is 23.7 Å². The number of ether oxygens (including phenoxy) is 1. The SMILES string of the molecule is C=C[C@@]1(C)CC[C@]2(C)[C@H](C)CC[C@]3(CC[C@@H](OC)[C@@H]23)[C@@H](C)C1=O. The zero-order valence-electron chi connectivity index (χ0n) is 15.7. The summed E-state index contributed by atoms with van der Waals surface area (Å²) >= 11 is 0. The second-order valence-corrected chi connectivity index (χ2v) is 9.18. The van der Waals surface area contributed by atoms with Gasteiger partial charge in [-0.3, -0.25) is 4.79 Å². The van der Waals surface area contributed by atoms with Crippen molar-refractivity contribution in [2.75, 3.05) is 7.11 Å². The summed E-state index contributed by atoms with van der Waals surface area (Å²) in [6.45, 7) is 13.2. The first-order valence-corrected chi connectivity index (χ1v) is 9.46. The van der Waals surface area contributed by atoms with Crippen molar-refractivity contribution >= 4 is 5.78 Å². The van der Waals surface area contributed by atoms with Crippen LogP contribution in [0.4, 0.5) is 0 Å². The van der Waals surface area contributed by atoms with Crippen molar-refractivity contribution in [2.24, 2.45) is 34.0 Å². The van der Waals surface area contributed by atoms with Crippen molar-refractivity contribution in [2.45, 2.75) is 72.3 Å². The van der Waals surface area contributed by atoms with E-state index in [1.54, 1.807) is 0 Å². The van der Waals surface area contributed by atoms with Crippen LogP contribution in [0.25, 0.3) is 0 Å². The molecule has 0 aromatic carbocycles. The van der Waals surface area contributed by atoms with Crippen LogP contribution in [0, 0.1) is 34.0 Å². The minimum atomic E-state index is -0.360. The summed E-state index contributed by atoms with van der Waals surface area (Å²) in [6, 6.07) is 0. The van der Waals surface area contributed by atoms with Crippen molar-refractivity contribution in [1.29, 1.82) is 0 Å². The number of rotatable bonds is 2. The molecule has 3 saturated carbocycles. The average molecular weight is 319 g/mol. The van der Waals surface area contributed by atoms with Gasteiger partial charge in [-0.2, -0.15) is 0 Å². The van der Waals surface area contributed by atoms with E-state index in [-0.39, 0.29) is 22.2 Å². The van der Waals surface area contributed by atoms with Gasteiger partial charge < -0.3 is 4.74 Å². The number of allylic oxidation sites excluding steroid dienone is 1. The monoisotopic (exact) mass is 318 g/mol. The van der Waals surface area contributed by atoms with Gasteiger partial charge in [0.25, 0.3) is 0 Å². The molecule has 0 N–H and O–H groups in total. The maximum atomic E-state index is 13.4. The molecule has 0 aromatic rings. The van der Waals surface area contributed by atoms with Crippen molar-refractivity contribution < 1.29 is 9.53 Å². The molecule has 3 aliphatic carbocycles. The van der Waals surface area contributed by atoms with Crippen molar-refractivity contribution in [3.05, 3.63) is 12.7 Å². The van der Waals surface area contributed by atoms with E-state index >= 15 is 0 Å². The molecule has 0 unspecified atom stereocenters. The molecule has 3 aliphatic rings. The van der Waals surface area contributed by atoms with Crippen molar-refractivity contribution in [1.82, 2.24) is 0 Å². The topological polar surface area (TPSA) is 26.3 Å². The number of methoxy groups -OCH3 is 1. The van der Waals surface area contributed by atoms with Crippen LogP contribution in [0.1, 0.15) is 66.2 Å². The average Bonchev–Trinajstić information content (AvgIpc) is 2.95. The van der Waals surface area contributed by atoms with E-state index in [9.17, 15) is 4.79 Å². The van der Waals surface area contributed by atoms with Crippen LogP contribution in [-0.2, 0) is 9.53 Å². The largest absolute Gasteiger partial charge is 0.381 e. The standard InChI is InChI=1S/C21H34O2/c1-7-19(4)12-13-20(5)14(2)8-10-21(15(3)18(19)22)11-9-16(23-6)17(20)21/h7,14-17H,1,8-13H2,2-6H3/t14-,15+,16-,17+,19+,20-,21+/m1/s1. The van der Waals surface area contributed by atoms with E-state index in [2.05, 4.69) is 34.3 Å². The van der Waals surface area contributed by atoms with Gasteiger partial charge in [-0.1, -0.05) is 26.8 Å². The fourth-order valence-electron chi connectivity index (χ4n) is 6.56. The van der Waals surface area contributed by atoms with Gasteiger partial charge in [-0.15, -0.1) is 6.58 Å². The number of carbonyl (C=O) groups is 1. The molecule has 3 fully saturated rings. The third-order valence-electron chi connectivity index (χ3n) is 8.52. The van der Waals surface area contributed by atoms with Gasteiger partial charge in [0.05, 0.1) is 6.10 Å².